The van der Waals surface area contributed by atoms with E-state index in [9.17, 15) is 0 Å². The van der Waals surface area contributed by atoms with Crippen LogP contribution in [0.5, 0.6) is 0 Å². The quantitative estimate of drug-likeness (QED) is 0.892. The van der Waals surface area contributed by atoms with Gasteiger partial charge in [0.25, 0.3) is 0 Å². The molecule has 1 heterocycles. The number of hydrogen-bond donors (Lipinski definition) is 1. The Labute approximate surface area is 107 Å². The molecular formula is C13H18N4O. The van der Waals surface area contributed by atoms with Gasteiger partial charge < -0.3 is 10.5 Å². The number of methoxy groups -OCH3 is 1. The van der Waals surface area contributed by atoms with Crippen LogP contribution < -0.4 is 5.73 Å². The molecule has 2 aromatic rings. The largest absolute Gasteiger partial charge is 0.380 e. The molecule has 5 nitrogen and oxygen atoms in total. The summed E-state index contributed by atoms with van der Waals surface area (Å²) in [7, 11) is 1.68. The average Bonchev–Trinajstić information content (AvgIpc) is 2.72. The molecule has 0 aliphatic rings. The van der Waals surface area contributed by atoms with E-state index in [0.29, 0.717) is 6.61 Å². The fourth-order valence-corrected chi connectivity index (χ4v) is 1.99. The minimum atomic E-state index is -0.117. The second-order valence-corrected chi connectivity index (χ2v) is 4.32. The Morgan fingerprint density at radius 2 is 2.11 bits per heavy atom. The van der Waals surface area contributed by atoms with Crippen LogP contribution in [0.4, 0.5) is 0 Å². The Morgan fingerprint density at radius 1 is 1.39 bits per heavy atom. The standard InChI is InChI=1S/C13H18N4O/c1-9(14)13-10(2)17(16-15-13)12-7-5-4-6-11(12)8-18-3/h4-7,9H,8,14H2,1-3H3. The van der Waals surface area contributed by atoms with E-state index in [1.165, 1.54) is 0 Å². The summed E-state index contributed by atoms with van der Waals surface area (Å²) in [5.74, 6) is 0. The Kier molecular flexibility index (Phi) is 3.74. The van der Waals surface area contributed by atoms with Crippen LogP contribution in [0.1, 0.15) is 29.9 Å². The molecule has 2 N–H and O–H groups in total. The van der Waals surface area contributed by atoms with Crippen LogP contribution in [-0.4, -0.2) is 22.1 Å². The second kappa shape index (κ2) is 5.29. The summed E-state index contributed by atoms with van der Waals surface area (Å²) in [6, 6.07) is 7.86. The van der Waals surface area contributed by atoms with E-state index in [4.69, 9.17) is 10.5 Å². The third kappa shape index (κ3) is 2.27. The predicted molar refractivity (Wildman–Crippen MR) is 69.4 cm³/mol. The van der Waals surface area contributed by atoms with Gasteiger partial charge in [0.05, 0.1) is 18.0 Å². The molecule has 2 rings (SSSR count). The minimum Gasteiger partial charge on any atom is -0.380 e. The Hall–Kier alpha value is -1.72. The van der Waals surface area contributed by atoms with Crippen LogP contribution in [0.15, 0.2) is 24.3 Å². The highest BCUT2D eigenvalue weighted by Crippen LogP contribution is 2.19. The van der Waals surface area contributed by atoms with Gasteiger partial charge in [0.2, 0.25) is 0 Å². The minimum absolute atomic E-state index is 0.117. The van der Waals surface area contributed by atoms with E-state index < -0.39 is 0 Å². The number of aromatic nitrogens is 3. The number of rotatable bonds is 4. The van der Waals surface area contributed by atoms with Gasteiger partial charge in [-0.05, 0) is 19.9 Å². The van der Waals surface area contributed by atoms with Crippen LogP contribution in [0.3, 0.4) is 0 Å². The lowest BCUT2D eigenvalue weighted by Gasteiger charge is -2.10. The molecule has 18 heavy (non-hydrogen) atoms. The van der Waals surface area contributed by atoms with E-state index in [-0.39, 0.29) is 6.04 Å². The van der Waals surface area contributed by atoms with Crippen molar-refractivity contribution in [3.63, 3.8) is 0 Å². The maximum Gasteiger partial charge on any atom is 0.102 e. The summed E-state index contributed by atoms with van der Waals surface area (Å²) >= 11 is 0. The molecule has 0 aliphatic carbocycles. The summed E-state index contributed by atoms with van der Waals surface area (Å²) in [6.07, 6.45) is 0. The van der Waals surface area contributed by atoms with Gasteiger partial charge in [0.15, 0.2) is 0 Å². The average molecular weight is 246 g/mol. The first-order valence-corrected chi connectivity index (χ1v) is 5.90. The molecule has 0 saturated heterocycles. The predicted octanol–water partition coefficient (Wildman–Crippen LogP) is 1.74. The highest BCUT2D eigenvalue weighted by Gasteiger charge is 2.14. The van der Waals surface area contributed by atoms with Crippen molar-refractivity contribution in [2.24, 2.45) is 5.73 Å². The van der Waals surface area contributed by atoms with Gasteiger partial charge in [-0.25, -0.2) is 4.68 Å². The number of hydrogen-bond acceptors (Lipinski definition) is 4. The highest BCUT2D eigenvalue weighted by molar-refractivity contribution is 5.41. The molecule has 0 spiro atoms. The molecule has 0 aliphatic heterocycles. The first kappa shape index (κ1) is 12.7. The molecule has 0 saturated carbocycles. The van der Waals surface area contributed by atoms with Gasteiger partial charge in [-0.15, -0.1) is 5.10 Å². The summed E-state index contributed by atoms with van der Waals surface area (Å²) in [4.78, 5) is 0. The molecule has 0 radical (unpaired) electrons. The van der Waals surface area contributed by atoms with E-state index in [2.05, 4.69) is 10.3 Å². The molecule has 5 heteroatoms. The SMILES string of the molecule is COCc1ccccc1-n1nnc(C(C)N)c1C. The van der Waals surface area contributed by atoms with E-state index >= 15 is 0 Å². The molecule has 1 atom stereocenters. The molecule has 96 valence electrons. The van der Waals surface area contributed by atoms with Gasteiger partial charge in [-0.2, -0.15) is 0 Å². The van der Waals surface area contributed by atoms with Crippen molar-refractivity contribution in [2.45, 2.75) is 26.5 Å². The third-order valence-corrected chi connectivity index (χ3v) is 2.88. The Morgan fingerprint density at radius 3 is 2.72 bits per heavy atom. The Bertz CT molecular complexity index is 534. The lowest BCUT2D eigenvalue weighted by molar-refractivity contribution is 0.184. The maximum atomic E-state index is 5.86. The first-order chi connectivity index (χ1) is 8.65. The third-order valence-electron chi connectivity index (χ3n) is 2.88. The molecular weight excluding hydrogens is 228 g/mol. The van der Waals surface area contributed by atoms with Gasteiger partial charge in [0, 0.05) is 18.7 Å². The van der Waals surface area contributed by atoms with Gasteiger partial charge in [0.1, 0.15) is 5.69 Å². The van der Waals surface area contributed by atoms with Crippen molar-refractivity contribution >= 4 is 0 Å². The number of benzene rings is 1. The lowest BCUT2D eigenvalue weighted by Crippen LogP contribution is -2.08. The van der Waals surface area contributed by atoms with Gasteiger partial charge in [-0.3, -0.25) is 0 Å². The highest BCUT2D eigenvalue weighted by atomic mass is 16.5. The van der Waals surface area contributed by atoms with Crippen molar-refractivity contribution in [3.8, 4) is 5.69 Å². The molecule has 1 unspecified atom stereocenters. The summed E-state index contributed by atoms with van der Waals surface area (Å²) in [5, 5.41) is 8.32. The van der Waals surface area contributed by atoms with Crippen molar-refractivity contribution in [1.29, 1.82) is 0 Å². The van der Waals surface area contributed by atoms with Crippen LogP contribution >= 0.6 is 0 Å². The zero-order chi connectivity index (χ0) is 13.1. The van der Waals surface area contributed by atoms with Crippen LogP contribution in [-0.2, 0) is 11.3 Å². The molecule has 0 fully saturated rings. The van der Waals surface area contributed by atoms with Crippen LogP contribution in [0, 0.1) is 6.92 Å². The number of ether oxygens (including phenoxy) is 1. The van der Waals surface area contributed by atoms with Crippen molar-refractivity contribution in [3.05, 3.63) is 41.2 Å². The second-order valence-electron chi connectivity index (χ2n) is 4.32. The van der Waals surface area contributed by atoms with Gasteiger partial charge in [-0.1, -0.05) is 23.4 Å². The smallest absolute Gasteiger partial charge is 0.102 e. The van der Waals surface area contributed by atoms with E-state index in [1.54, 1.807) is 7.11 Å². The van der Waals surface area contributed by atoms with Crippen LogP contribution in [0.25, 0.3) is 5.69 Å². The van der Waals surface area contributed by atoms with E-state index in [1.807, 2.05) is 42.8 Å². The maximum absolute atomic E-state index is 5.86. The van der Waals surface area contributed by atoms with Gasteiger partial charge >= 0.3 is 0 Å². The van der Waals surface area contributed by atoms with Crippen LogP contribution in [0.2, 0.25) is 0 Å². The number of nitrogens with zero attached hydrogens (tertiary/aromatic N) is 3. The summed E-state index contributed by atoms with van der Waals surface area (Å²) in [5.41, 5.74) is 9.71. The van der Waals surface area contributed by atoms with Crippen molar-refractivity contribution < 1.29 is 4.74 Å². The first-order valence-electron chi connectivity index (χ1n) is 5.90. The van der Waals surface area contributed by atoms with Crippen molar-refractivity contribution in [1.82, 2.24) is 15.0 Å². The van der Waals surface area contributed by atoms with Crippen molar-refractivity contribution in [2.75, 3.05) is 7.11 Å². The fraction of sp³-hybridized carbons (Fsp3) is 0.385. The number of nitrogens with two attached hydrogens (primary N) is 1. The Balaban J connectivity index is 2.49. The van der Waals surface area contributed by atoms with E-state index in [0.717, 1.165) is 22.6 Å². The number of para-hydroxylation sites is 1. The molecule has 1 aromatic heterocycles. The molecule has 0 bridgehead atoms. The summed E-state index contributed by atoms with van der Waals surface area (Å²) in [6.45, 7) is 4.42. The fourth-order valence-electron chi connectivity index (χ4n) is 1.99. The topological polar surface area (TPSA) is 66.0 Å². The summed E-state index contributed by atoms with van der Waals surface area (Å²) < 4.78 is 7.01. The molecule has 0 amide bonds. The zero-order valence-electron chi connectivity index (χ0n) is 10.9. The lowest BCUT2D eigenvalue weighted by atomic mass is 10.1. The normalized spacial score (nSPS) is 12.7. The monoisotopic (exact) mass is 246 g/mol. The zero-order valence-corrected chi connectivity index (χ0v) is 10.9. The molecule has 1 aromatic carbocycles.